The molecule has 30 heavy (non-hydrogen) atoms. The Labute approximate surface area is 187 Å². The van der Waals surface area contributed by atoms with E-state index in [-0.39, 0.29) is 23.4 Å². The molecular weight excluding hydrogens is 440 g/mol. The Morgan fingerprint density at radius 1 is 0.767 bits per heavy atom. The maximum atomic E-state index is 10.9. The first kappa shape index (κ1) is 21.7. The van der Waals surface area contributed by atoms with Crippen molar-refractivity contribution in [1.29, 1.82) is 0 Å². The first-order valence-corrected chi connectivity index (χ1v) is 9.77. The van der Waals surface area contributed by atoms with Crippen molar-refractivity contribution in [2.24, 2.45) is 0 Å². The SMILES string of the molecule is Br.O=C(O)Cc1ccc(CN2C=C(c3ccccc3)N(Cc3ccccc3)C2)cc1. The van der Waals surface area contributed by atoms with Gasteiger partial charge in [0.1, 0.15) is 0 Å². The fourth-order valence-corrected chi connectivity index (χ4v) is 3.66. The molecule has 0 saturated heterocycles. The number of halogens is 1. The van der Waals surface area contributed by atoms with Crippen molar-refractivity contribution in [3.05, 3.63) is 113 Å². The Kier molecular flexibility index (Phi) is 7.31. The highest BCUT2D eigenvalue weighted by Crippen LogP contribution is 2.28. The van der Waals surface area contributed by atoms with E-state index in [1.165, 1.54) is 22.4 Å². The van der Waals surface area contributed by atoms with Gasteiger partial charge in [-0.15, -0.1) is 17.0 Å². The second kappa shape index (κ2) is 10.1. The van der Waals surface area contributed by atoms with Crippen LogP contribution in [0.15, 0.2) is 91.1 Å². The predicted octanol–water partition coefficient (Wildman–Crippen LogP) is 5.17. The molecule has 4 nitrogen and oxygen atoms in total. The second-order valence-electron chi connectivity index (χ2n) is 7.34. The van der Waals surface area contributed by atoms with E-state index in [4.69, 9.17) is 5.11 Å². The number of carboxylic acids is 1. The summed E-state index contributed by atoms with van der Waals surface area (Å²) in [6.07, 6.45) is 2.29. The van der Waals surface area contributed by atoms with E-state index in [0.29, 0.717) is 0 Å². The normalized spacial score (nSPS) is 13.0. The van der Waals surface area contributed by atoms with Crippen LogP contribution in [0.25, 0.3) is 5.70 Å². The molecule has 0 unspecified atom stereocenters. The van der Waals surface area contributed by atoms with Crippen LogP contribution >= 0.6 is 17.0 Å². The maximum Gasteiger partial charge on any atom is 0.307 e. The summed E-state index contributed by atoms with van der Waals surface area (Å²) in [6.45, 7) is 2.46. The number of benzene rings is 3. The average Bonchev–Trinajstić information content (AvgIpc) is 3.12. The second-order valence-corrected chi connectivity index (χ2v) is 7.34. The lowest BCUT2D eigenvalue weighted by Crippen LogP contribution is -2.26. The van der Waals surface area contributed by atoms with E-state index in [1.807, 2.05) is 36.4 Å². The van der Waals surface area contributed by atoms with Crippen LogP contribution in [-0.4, -0.2) is 27.5 Å². The minimum Gasteiger partial charge on any atom is -0.481 e. The highest BCUT2D eigenvalue weighted by molar-refractivity contribution is 8.93. The number of carboxylic acid groups (broad SMARTS) is 1. The van der Waals surface area contributed by atoms with Gasteiger partial charge in [0.2, 0.25) is 0 Å². The van der Waals surface area contributed by atoms with Crippen molar-refractivity contribution in [2.45, 2.75) is 19.5 Å². The third-order valence-corrected chi connectivity index (χ3v) is 5.05. The fourth-order valence-electron chi connectivity index (χ4n) is 3.66. The molecule has 0 spiro atoms. The van der Waals surface area contributed by atoms with Crippen LogP contribution in [0.5, 0.6) is 0 Å². The van der Waals surface area contributed by atoms with Crippen molar-refractivity contribution < 1.29 is 9.90 Å². The molecule has 0 fully saturated rings. The van der Waals surface area contributed by atoms with Crippen molar-refractivity contribution in [3.8, 4) is 0 Å². The molecule has 3 aromatic rings. The number of hydrogen-bond acceptors (Lipinski definition) is 3. The molecule has 4 rings (SSSR count). The summed E-state index contributed by atoms with van der Waals surface area (Å²) in [4.78, 5) is 15.6. The standard InChI is InChI=1S/C25H24N2O2.BrH/c28-25(29)15-20-11-13-22(14-12-20)16-26-18-24(23-9-5-2-6-10-23)27(19-26)17-21-7-3-1-4-8-21;/h1-14,18H,15-17,19H2,(H,28,29);1H. The Balaban J connectivity index is 0.00000256. The van der Waals surface area contributed by atoms with Gasteiger partial charge in [-0.25, -0.2) is 0 Å². The Hall–Kier alpha value is -3.05. The summed E-state index contributed by atoms with van der Waals surface area (Å²) >= 11 is 0. The third-order valence-electron chi connectivity index (χ3n) is 5.05. The lowest BCUT2D eigenvalue weighted by molar-refractivity contribution is -0.136. The predicted molar refractivity (Wildman–Crippen MR) is 125 cm³/mol. The van der Waals surface area contributed by atoms with E-state index >= 15 is 0 Å². The van der Waals surface area contributed by atoms with Gasteiger partial charge in [-0.05, 0) is 22.3 Å². The lowest BCUT2D eigenvalue weighted by Gasteiger charge is -2.24. The zero-order chi connectivity index (χ0) is 20.1. The summed E-state index contributed by atoms with van der Waals surface area (Å²) in [6, 6.07) is 28.8. The Morgan fingerprint density at radius 3 is 1.97 bits per heavy atom. The van der Waals surface area contributed by atoms with Crippen LogP contribution in [0.3, 0.4) is 0 Å². The number of rotatable bonds is 7. The average molecular weight is 465 g/mol. The van der Waals surface area contributed by atoms with Gasteiger partial charge in [0.15, 0.2) is 0 Å². The summed E-state index contributed by atoms with van der Waals surface area (Å²) in [5.41, 5.74) is 5.71. The molecule has 1 N–H and O–H groups in total. The fraction of sp³-hybridized carbons (Fsp3) is 0.160. The summed E-state index contributed by atoms with van der Waals surface area (Å²) in [5, 5.41) is 8.93. The zero-order valence-electron chi connectivity index (χ0n) is 16.6. The van der Waals surface area contributed by atoms with Crippen LogP contribution < -0.4 is 0 Å². The quantitative estimate of drug-likeness (QED) is 0.523. The molecule has 0 atom stereocenters. The highest BCUT2D eigenvalue weighted by Gasteiger charge is 2.22. The first-order chi connectivity index (χ1) is 14.2. The van der Waals surface area contributed by atoms with Crippen molar-refractivity contribution in [2.75, 3.05) is 6.67 Å². The van der Waals surface area contributed by atoms with Gasteiger partial charge in [-0.3, -0.25) is 4.79 Å². The largest absolute Gasteiger partial charge is 0.481 e. The molecule has 0 aromatic heterocycles. The molecule has 1 aliphatic heterocycles. The lowest BCUT2D eigenvalue weighted by atomic mass is 10.1. The first-order valence-electron chi connectivity index (χ1n) is 9.77. The maximum absolute atomic E-state index is 10.9. The van der Waals surface area contributed by atoms with E-state index in [1.54, 1.807) is 0 Å². The minimum absolute atomic E-state index is 0. The molecule has 5 heteroatoms. The molecule has 0 saturated carbocycles. The van der Waals surface area contributed by atoms with Gasteiger partial charge in [0, 0.05) is 19.3 Å². The van der Waals surface area contributed by atoms with E-state index < -0.39 is 5.97 Å². The molecule has 1 aliphatic rings. The molecule has 0 radical (unpaired) electrons. The topological polar surface area (TPSA) is 43.8 Å². The van der Waals surface area contributed by atoms with Gasteiger partial charge < -0.3 is 14.9 Å². The third kappa shape index (κ3) is 5.51. The van der Waals surface area contributed by atoms with Crippen LogP contribution in [0, 0.1) is 0 Å². The molecule has 0 amide bonds. The molecule has 1 heterocycles. The molecule has 0 aliphatic carbocycles. The molecule has 0 bridgehead atoms. The number of aliphatic carboxylic acids is 1. The number of nitrogens with zero attached hydrogens (tertiary/aromatic N) is 2. The van der Waals surface area contributed by atoms with Crippen molar-refractivity contribution in [3.63, 3.8) is 0 Å². The van der Waals surface area contributed by atoms with E-state index in [2.05, 4.69) is 64.5 Å². The van der Waals surface area contributed by atoms with Gasteiger partial charge in [0.25, 0.3) is 0 Å². The summed E-state index contributed by atoms with van der Waals surface area (Å²) < 4.78 is 0. The Morgan fingerprint density at radius 2 is 1.33 bits per heavy atom. The Bertz CT molecular complexity index is 989. The summed E-state index contributed by atoms with van der Waals surface area (Å²) in [7, 11) is 0. The molecule has 3 aromatic carbocycles. The van der Waals surface area contributed by atoms with Gasteiger partial charge in [-0.1, -0.05) is 84.9 Å². The monoisotopic (exact) mass is 464 g/mol. The van der Waals surface area contributed by atoms with Crippen LogP contribution in [0.1, 0.15) is 22.3 Å². The van der Waals surface area contributed by atoms with Crippen LogP contribution in [0.4, 0.5) is 0 Å². The number of hydrogen-bond donors (Lipinski definition) is 1. The molecular formula is C25H25BrN2O2. The van der Waals surface area contributed by atoms with E-state index in [0.717, 1.165) is 25.3 Å². The summed E-state index contributed by atoms with van der Waals surface area (Å²) in [5.74, 6) is -0.802. The van der Waals surface area contributed by atoms with Crippen molar-refractivity contribution >= 4 is 28.6 Å². The van der Waals surface area contributed by atoms with Gasteiger partial charge in [-0.2, -0.15) is 0 Å². The van der Waals surface area contributed by atoms with Crippen molar-refractivity contribution in [1.82, 2.24) is 9.80 Å². The van der Waals surface area contributed by atoms with Crippen LogP contribution in [-0.2, 0) is 24.3 Å². The van der Waals surface area contributed by atoms with Gasteiger partial charge >= 0.3 is 5.97 Å². The highest BCUT2D eigenvalue weighted by atomic mass is 79.9. The number of carbonyl (C=O) groups is 1. The molecule has 154 valence electrons. The van der Waals surface area contributed by atoms with Gasteiger partial charge in [0.05, 0.1) is 18.8 Å². The zero-order valence-corrected chi connectivity index (χ0v) is 18.4. The van der Waals surface area contributed by atoms with Crippen LogP contribution in [0.2, 0.25) is 0 Å². The van der Waals surface area contributed by atoms with E-state index in [9.17, 15) is 4.79 Å². The smallest absolute Gasteiger partial charge is 0.307 e. The minimum atomic E-state index is -0.802.